The van der Waals surface area contributed by atoms with Crippen molar-refractivity contribution in [2.75, 3.05) is 20.1 Å². The van der Waals surface area contributed by atoms with Crippen molar-refractivity contribution in [1.29, 1.82) is 0 Å². The van der Waals surface area contributed by atoms with Gasteiger partial charge in [0.2, 0.25) is 5.91 Å². The summed E-state index contributed by atoms with van der Waals surface area (Å²) in [5, 5.41) is 7.59. The van der Waals surface area contributed by atoms with Gasteiger partial charge in [0, 0.05) is 32.2 Å². The van der Waals surface area contributed by atoms with Gasteiger partial charge < -0.3 is 15.1 Å². The average Bonchev–Trinajstić information content (AvgIpc) is 3.32. The van der Waals surface area contributed by atoms with Crippen LogP contribution in [0.25, 0.3) is 0 Å². The van der Waals surface area contributed by atoms with Gasteiger partial charge >= 0.3 is 0 Å². The van der Waals surface area contributed by atoms with Crippen molar-refractivity contribution < 1.29 is 14.4 Å². The Balaban J connectivity index is 1.54. The molecule has 2 fully saturated rings. The van der Waals surface area contributed by atoms with Crippen LogP contribution in [-0.2, 0) is 11.3 Å². The van der Waals surface area contributed by atoms with E-state index in [4.69, 9.17) is 0 Å². The largest absolute Gasteiger partial charge is 0.351 e. The van der Waals surface area contributed by atoms with Crippen molar-refractivity contribution in [3.8, 4) is 0 Å². The van der Waals surface area contributed by atoms with Crippen LogP contribution >= 0.6 is 0 Å². The first kappa shape index (κ1) is 19.9. The highest BCUT2D eigenvalue weighted by atomic mass is 16.2. The van der Waals surface area contributed by atoms with E-state index in [1.807, 2.05) is 0 Å². The summed E-state index contributed by atoms with van der Waals surface area (Å²) in [4.78, 5) is 42.2. The van der Waals surface area contributed by atoms with Gasteiger partial charge in [-0.25, -0.2) is 0 Å². The molecular weight excluding hydrogens is 370 g/mol. The normalized spacial score (nSPS) is 25.7. The molecule has 3 heterocycles. The highest BCUT2D eigenvalue weighted by Gasteiger charge is 2.47. The van der Waals surface area contributed by atoms with Gasteiger partial charge in [-0.2, -0.15) is 5.10 Å². The summed E-state index contributed by atoms with van der Waals surface area (Å²) >= 11 is 0. The SMILES string of the molecule is CN1C(=O)c2cc(C(=O)N3CCCC3)nn2CC1(C)C(=O)NC1CCCCCC1. The summed E-state index contributed by atoms with van der Waals surface area (Å²) in [6, 6.07) is 1.74. The molecule has 0 aromatic carbocycles. The van der Waals surface area contributed by atoms with Gasteiger partial charge in [0.25, 0.3) is 11.8 Å². The maximum absolute atomic E-state index is 13.2. The molecule has 0 radical (unpaired) electrons. The van der Waals surface area contributed by atoms with Crippen LogP contribution in [0.2, 0.25) is 0 Å². The summed E-state index contributed by atoms with van der Waals surface area (Å²) < 4.78 is 1.54. The molecule has 2 aliphatic heterocycles. The van der Waals surface area contributed by atoms with Crippen LogP contribution in [-0.4, -0.2) is 69.0 Å². The van der Waals surface area contributed by atoms with Crippen LogP contribution in [0.4, 0.5) is 0 Å². The van der Waals surface area contributed by atoms with Gasteiger partial charge in [-0.05, 0) is 32.6 Å². The number of likely N-dealkylation sites (N-methyl/N-ethyl adjacent to an activating group) is 1. The minimum absolute atomic E-state index is 0.135. The summed E-state index contributed by atoms with van der Waals surface area (Å²) in [7, 11) is 1.66. The third-order valence-corrected chi connectivity index (χ3v) is 6.79. The lowest BCUT2D eigenvalue weighted by atomic mass is 9.95. The second-order valence-corrected chi connectivity index (χ2v) is 8.87. The van der Waals surface area contributed by atoms with Crippen molar-refractivity contribution in [3.05, 3.63) is 17.5 Å². The van der Waals surface area contributed by atoms with E-state index < -0.39 is 5.54 Å². The van der Waals surface area contributed by atoms with E-state index in [-0.39, 0.29) is 36.0 Å². The third-order valence-electron chi connectivity index (χ3n) is 6.79. The van der Waals surface area contributed by atoms with Crippen molar-refractivity contribution in [3.63, 3.8) is 0 Å². The number of nitrogens with zero attached hydrogens (tertiary/aromatic N) is 4. The van der Waals surface area contributed by atoms with Crippen LogP contribution in [0.3, 0.4) is 0 Å². The van der Waals surface area contributed by atoms with E-state index >= 15 is 0 Å². The van der Waals surface area contributed by atoms with Gasteiger partial charge in [0.05, 0.1) is 6.54 Å². The zero-order chi connectivity index (χ0) is 20.6. The molecule has 1 saturated carbocycles. The standard InChI is InChI=1S/C21H31N5O3/c1-21(20(29)22-15-9-5-3-4-6-10-15)14-26-17(19(28)24(21)2)13-16(23-26)18(27)25-11-7-8-12-25/h13,15H,3-12,14H2,1-2H3,(H,22,29). The van der Waals surface area contributed by atoms with Crippen LogP contribution in [0.5, 0.6) is 0 Å². The van der Waals surface area contributed by atoms with Gasteiger partial charge in [-0.15, -0.1) is 0 Å². The molecular formula is C21H31N5O3. The lowest BCUT2D eigenvalue weighted by molar-refractivity contribution is -0.133. The highest BCUT2D eigenvalue weighted by molar-refractivity contribution is 6.01. The molecule has 1 atom stereocenters. The molecule has 0 spiro atoms. The number of likely N-dealkylation sites (tertiary alicyclic amines) is 1. The molecule has 1 aromatic heterocycles. The Kier molecular flexibility index (Phi) is 5.36. The molecule has 8 heteroatoms. The fourth-order valence-corrected chi connectivity index (χ4v) is 4.68. The van der Waals surface area contributed by atoms with E-state index in [0.717, 1.165) is 51.6 Å². The quantitative estimate of drug-likeness (QED) is 0.783. The first-order valence-electron chi connectivity index (χ1n) is 10.9. The number of fused-ring (bicyclic) bond motifs is 1. The van der Waals surface area contributed by atoms with Crippen LogP contribution < -0.4 is 5.32 Å². The Bertz CT molecular complexity index is 805. The fraction of sp³-hybridized carbons (Fsp3) is 0.714. The van der Waals surface area contributed by atoms with Crippen molar-refractivity contribution in [2.24, 2.45) is 0 Å². The van der Waals surface area contributed by atoms with Crippen molar-refractivity contribution in [1.82, 2.24) is 24.9 Å². The molecule has 1 unspecified atom stereocenters. The molecule has 1 saturated heterocycles. The average molecular weight is 402 g/mol. The smallest absolute Gasteiger partial charge is 0.274 e. The Morgan fingerprint density at radius 1 is 1.10 bits per heavy atom. The second-order valence-electron chi connectivity index (χ2n) is 8.87. The molecule has 1 N–H and O–H groups in total. The maximum Gasteiger partial charge on any atom is 0.274 e. The molecule has 29 heavy (non-hydrogen) atoms. The van der Waals surface area contributed by atoms with Crippen molar-refractivity contribution in [2.45, 2.75) is 76.4 Å². The Labute approximate surface area is 171 Å². The monoisotopic (exact) mass is 401 g/mol. The lowest BCUT2D eigenvalue weighted by Crippen LogP contribution is -2.63. The maximum atomic E-state index is 13.2. The molecule has 3 amide bonds. The first-order chi connectivity index (χ1) is 13.9. The zero-order valence-electron chi connectivity index (χ0n) is 17.4. The number of nitrogens with one attached hydrogen (secondary N) is 1. The Hall–Kier alpha value is -2.38. The number of carbonyl (C=O) groups excluding carboxylic acids is 3. The molecule has 1 aromatic rings. The number of carbonyl (C=O) groups is 3. The van der Waals surface area contributed by atoms with Crippen LogP contribution in [0.1, 0.15) is 79.3 Å². The summed E-state index contributed by atoms with van der Waals surface area (Å²) in [6.45, 7) is 3.49. The molecule has 3 aliphatic rings. The number of hydrogen-bond donors (Lipinski definition) is 1. The lowest BCUT2D eigenvalue weighted by Gasteiger charge is -2.41. The van der Waals surface area contributed by atoms with E-state index in [0.29, 0.717) is 5.69 Å². The summed E-state index contributed by atoms with van der Waals surface area (Å²) in [6.07, 6.45) is 8.66. The summed E-state index contributed by atoms with van der Waals surface area (Å²) in [5.74, 6) is -0.555. The van der Waals surface area contributed by atoms with Crippen LogP contribution in [0.15, 0.2) is 6.07 Å². The van der Waals surface area contributed by atoms with Crippen molar-refractivity contribution >= 4 is 17.7 Å². The third kappa shape index (κ3) is 3.65. The Morgan fingerprint density at radius 2 is 1.76 bits per heavy atom. The number of hydrogen-bond acceptors (Lipinski definition) is 4. The van der Waals surface area contributed by atoms with Gasteiger partial charge in [0.15, 0.2) is 5.69 Å². The van der Waals surface area contributed by atoms with Gasteiger partial charge in [-0.1, -0.05) is 25.7 Å². The minimum atomic E-state index is -1.03. The predicted molar refractivity (Wildman–Crippen MR) is 107 cm³/mol. The molecule has 0 bridgehead atoms. The fourth-order valence-electron chi connectivity index (χ4n) is 4.68. The zero-order valence-corrected chi connectivity index (χ0v) is 17.4. The predicted octanol–water partition coefficient (Wildman–Crippen LogP) is 1.80. The topological polar surface area (TPSA) is 87.5 Å². The van der Waals surface area contributed by atoms with Gasteiger partial charge in [0.1, 0.15) is 11.2 Å². The minimum Gasteiger partial charge on any atom is -0.351 e. The van der Waals surface area contributed by atoms with E-state index in [2.05, 4.69) is 10.4 Å². The summed E-state index contributed by atoms with van der Waals surface area (Å²) in [5.41, 5.74) is -0.372. The van der Waals surface area contributed by atoms with E-state index in [9.17, 15) is 14.4 Å². The van der Waals surface area contributed by atoms with E-state index in [1.54, 1.807) is 24.9 Å². The number of aromatic nitrogens is 2. The van der Waals surface area contributed by atoms with Crippen LogP contribution in [0, 0.1) is 0 Å². The highest BCUT2D eigenvalue weighted by Crippen LogP contribution is 2.27. The second kappa shape index (κ2) is 7.80. The molecule has 4 rings (SSSR count). The number of amides is 3. The number of rotatable bonds is 3. The molecule has 158 valence electrons. The van der Waals surface area contributed by atoms with Gasteiger partial charge in [-0.3, -0.25) is 19.1 Å². The molecule has 1 aliphatic carbocycles. The Morgan fingerprint density at radius 3 is 2.41 bits per heavy atom. The molecule has 8 nitrogen and oxygen atoms in total. The van der Waals surface area contributed by atoms with E-state index in [1.165, 1.54) is 22.4 Å². The first-order valence-corrected chi connectivity index (χ1v) is 10.9.